The minimum atomic E-state index is 0. The van der Waals surface area contributed by atoms with Crippen LogP contribution in [0.4, 0.5) is 0 Å². The molecular weight excluding hydrogens is 515 g/mol. The van der Waals surface area contributed by atoms with Crippen LogP contribution >= 0.6 is 24.0 Å². The maximum absolute atomic E-state index is 5.78. The van der Waals surface area contributed by atoms with Gasteiger partial charge in [-0.1, -0.05) is 31.2 Å². The molecule has 6 nitrogen and oxygen atoms in total. The number of hydrogen-bond acceptors (Lipinski definition) is 4. The first-order chi connectivity index (χ1) is 15.2. The molecule has 2 heterocycles. The van der Waals surface area contributed by atoms with Gasteiger partial charge in [-0.05, 0) is 56.2 Å². The van der Waals surface area contributed by atoms with E-state index >= 15 is 0 Å². The molecule has 2 N–H and O–H groups in total. The summed E-state index contributed by atoms with van der Waals surface area (Å²) in [5.74, 6) is 2.28. The summed E-state index contributed by atoms with van der Waals surface area (Å²) in [7, 11) is 0. The molecule has 32 heavy (non-hydrogen) atoms. The average molecular weight is 559 g/mol. The van der Waals surface area contributed by atoms with Crippen LogP contribution in [-0.4, -0.2) is 63.5 Å². The molecule has 182 valence electrons. The highest BCUT2D eigenvalue weighted by atomic mass is 127. The van der Waals surface area contributed by atoms with Crippen molar-refractivity contribution < 1.29 is 9.47 Å². The monoisotopic (exact) mass is 558 g/mol. The first-order valence-corrected chi connectivity index (χ1v) is 12.2. The molecule has 0 aliphatic carbocycles. The van der Waals surface area contributed by atoms with Gasteiger partial charge in [-0.15, -0.1) is 24.0 Å². The summed E-state index contributed by atoms with van der Waals surface area (Å²) in [6, 6.07) is 8.96. The van der Waals surface area contributed by atoms with Crippen LogP contribution in [0.5, 0.6) is 0 Å². The second-order valence-corrected chi connectivity index (χ2v) is 9.08. The van der Waals surface area contributed by atoms with Gasteiger partial charge in [-0.2, -0.15) is 0 Å². The molecule has 2 saturated heterocycles. The van der Waals surface area contributed by atoms with Gasteiger partial charge in [0.15, 0.2) is 5.96 Å². The SMILES string of the molecule is CCNC(=NCc1ccc(CN2CCCC(C)C2)cc1)NCCCOCC1CCOC1.I. The highest BCUT2D eigenvalue weighted by Gasteiger charge is 2.16. The van der Waals surface area contributed by atoms with Gasteiger partial charge < -0.3 is 20.1 Å². The summed E-state index contributed by atoms with van der Waals surface area (Å²) in [4.78, 5) is 7.33. The van der Waals surface area contributed by atoms with E-state index in [4.69, 9.17) is 14.5 Å². The number of nitrogens with one attached hydrogen (secondary N) is 2. The number of likely N-dealkylation sites (tertiary alicyclic amines) is 1. The van der Waals surface area contributed by atoms with Gasteiger partial charge in [0.2, 0.25) is 0 Å². The van der Waals surface area contributed by atoms with Crippen molar-refractivity contribution in [1.82, 2.24) is 15.5 Å². The van der Waals surface area contributed by atoms with Crippen LogP contribution in [0.2, 0.25) is 0 Å². The zero-order valence-corrected chi connectivity index (χ0v) is 22.3. The van der Waals surface area contributed by atoms with E-state index in [-0.39, 0.29) is 24.0 Å². The molecule has 2 aliphatic heterocycles. The maximum atomic E-state index is 5.78. The van der Waals surface area contributed by atoms with Crippen molar-refractivity contribution in [2.45, 2.75) is 52.6 Å². The molecule has 1 aromatic rings. The number of piperidine rings is 1. The molecule has 0 radical (unpaired) electrons. The Kier molecular flexibility index (Phi) is 13.5. The molecule has 0 bridgehead atoms. The number of rotatable bonds is 11. The lowest BCUT2D eigenvalue weighted by molar-refractivity contribution is 0.0888. The van der Waals surface area contributed by atoms with Crippen LogP contribution in [0.15, 0.2) is 29.3 Å². The Morgan fingerprint density at radius 1 is 1.19 bits per heavy atom. The summed E-state index contributed by atoms with van der Waals surface area (Å²) >= 11 is 0. The Balaban J connectivity index is 0.00000363. The van der Waals surface area contributed by atoms with Gasteiger partial charge in [0.05, 0.1) is 19.8 Å². The Hall–Kier alpha value is -0.900. The lowest BCUT2D eigenvalue weighted by atomic mass is 9.99. The molecule has 2 fully saturated rings. The highest BCUT2D eigenvalue weighted by Crippen LogP contribution is 2.18. The van der Waals surface area contributed by atoms with Crippen molar-refractivity contribution in [3.63, 3.8) is 0 Å². The Morgan fingerprint density at radius 3 is 2.72 bits per heavy atom. The zero-order chi connectivity index (χ0) is 21.7. The van der Waals surface area contributed by atoms with E-state index in [0.717, 1.165) is 70.8 Å². The van der Waals surface area contributed by atoms with E-state index in [1.807, 2.05) is 0 Å². The molecule has 0 saturated carbocycles. The summed E-state index contributed by atoms with van der Waals surface area (Å²) in [5.41, 5.74) is 2.64. The number of benzene rings is 1. The van der Waals surface area contributed by atoms with Crippen molar-refractivity contribution in [2.75, 3.05) is 52.6 Å². The van der Waals surface area contributed by atoms with Gasteiger partial charge in [0, 0.05) is 45.3 Å². The van der Waals surface area contributed by atoms with Gasteiger partial charge in [-0.25, -0.2) is 4.99 Å². The lowest BCUT2D eigenvalue weighted by Crippen LogP contribution is -2.38. The fraction of sp³-hybridized carbons (Fsp3) is 0.720. The predicted octanol–water partition coefficient (Wildman–Crippen LogP) is 4.03. The van der Waals surface area contributed by atoms with E-state index < -0.39 is 0 Å². The lowest BCUT2D eigenvalue weighted by Gasteiger charge is -2.30. The van der Waals surface area contributed by atoms with E-state index in [2.05, 4.69) is 53.6 Å². The number of aliphatic imine (C=N–C) groups is 1. The first-order valence-electron chi connectivity index (χ1n) is 12.2. The predicted molar refractivity (Wildman–Crippen MR) is 143 cm³/mol. The van der Waals surface area contributed by atoms with E-state index in [1.54, 1.807) is 0 Å². The van der Waals surface area contributed by atoms with Crippen molar-refractivity contribution in [3.8, 4) is 0 Å². The maximum Gasteiger partial charge on any atom is 0.191 e. The van der Waals surface area contributed by atoms with Crippen LogP contribution < -0.4 is 10.6 Å². The summed E-state index contributed by atoms with van der Waals surface area (Å²) in [6.07, 6.45) is 4.81. The average Bonchev–Trinajstić information content (AvgIpc) is 3.29. The molecule has 0 amide bonds. The van der Waals surface area contributed by atoms with Crippen LogP contribution in [0.25, 0.3) is 0 Å². The normalized spacial score (nSPS) is 21.9. The Labute approximate surface area is 211 Å². The number of hydrogen-bond donors (Lipinski definition) is 2. The molecule has 2 aliphatic rings. The third-order valence-corrected chi connectivity index (χ3v) is 6.07. The fourth-order valence-corrected chi connectivity index (χ4v) is 4.30. The molecule has 0 spiro atoms. The van der Waals surface area contributed by atoms with Crippen molar-refractivity contribution >= 4 is 29.9 Å². The summed E-state index contributed by atoms with van der Waals surface area (Å²) in [6.45, 7) is 13.7. The van der Waals surface area contributed by atoms with E-state index in [0.29, 0.717) is 12.5 Å². The van der Waals surface area contributed by atoms with E-state index in [1.165, 1.54) is 37.1 Å². The van der Waals surface area contributed by atoms with Gasteiger partial charge >= 0.3 is 0 Å². The fourth-order valence-electron chi connectivity index (χ4n) is 4.30. The molecule has 0 aromatic heterocycles. The number of halogens is 1. The minimum absolute atomic E-state index is 0. The molecular formula is C25H43IN4O2. The van der Waals surface area contributed by atoms with Crippen LogP contribution in [0.1, 0.15) is 50.7 Å². The van der Waals surface area contributed by atoms with Gasteiger partial charge in [0.25, 0.3) is 0 Å². The standard InChI is InChI=1S/C25H42N4O2.HI/c1-3-26-25(27-12-5-14-30-19-24-11-15-31-20-24)28-16-22-7-9-23(10-8-22)18-29-13-4-6-21(2)17-29;/h7-10,21,24H,3-6,11-20H2,1-2H3,(H2,26,27,28);1H. The van der Waals surface area contributed by atoms with Crippen molar-refractivity contribution in [3.05, 3.63) is 35.4 Å². The van der Waals surface area contributed by atoms with Crippen LogP contribution in [-0.2, 0) is 22.6 Å². The molecule has 7 heteroatoms. The van der Waals surface area contributed by atoms with Gasteiger partial charge in [-0.3, -0.25) is 4.90 Å². The Morgan fingerprint density at radius 2 is 2.00 bits per heavy atom. The van der Waals surface area contributed by atoms with Gasteiger partial charge in [0.1, 0.15) is 0 Å². The Bertz CT molecular complexity index is 650. The molecule has 2 atom stereocenters. The third kappa shape index (κ3) is 10.4. The topological polar surface area (TPSA) is 58.1 Å². The van der Waals surface area contributed by atoms with Crippen molar-refractivity contribution in [2.24, 2.45) is 16.8 Å². The van der Waals surface area contributed by atoms with E-state index in [9.17, 15) is 0 Å². The third-order valence-electron chi connectivity index (χ3n) is 6.07. The van der Waals surface area contributed by atoms with Crippen LogP contribution in [0, 0.1) is 11.8 Å². The number of ether oxygens (including phenoxy) is 2. The smallest absolute Gasteiger partial charge is 0.191 e. The highest BCUT2D eigenvalue weighted by molar-refractivity contribution is 14.0. The first kappa shape index (κ1) is 27.3. The second kappa shape index (κ2) is 15.9. The quantitative estimate of drug-likeness (QED) is 0.186. The van der Waals surface area contributed by atoms with Crippen LogP contribution in [0.3, 0.4) is 0 Å². The number of guanidine groups is 1. The molecule has 3 rings (SSSR count). The zero-order valence-electron chi connectivity index (χ0n) is 20.0. The molecule has 2 unspecified atom stereocenters. The summed E-state index contributed by atoms with van der Waals surface area (Å²) < 4.78 is 11.2. The minimum Gasteiger partial charge on any atom is -0.381 e. The molecule has 1 aromatic carbocycles. The number of nitrogens with zero attached hydrogens (tertiary/aromatic N) is 2. The largest absolute Gasteiger partial charge is 0.381 e. The second-order valence-electron chi connectivity index (χ2n) is 9.08. The summed E-state index contributed by atoms with van der Waals surface area (Å²) in [5, 5.41) is 6.75. The van der Waals surface area contributed by atoms with Crippen molar-refractivity contribution in [1.29, 1.82) is 0 Å².